The molecule has 1 aliphatic rings. The molecule has 3 heterocycles. The molecule has 0 atom stereocenters. The highest BCUT2D eigenvalue weighted by molar-refractivity contribution is 7.22. The molecule has 0 radical (unpaired) electrons. The fourth-order valence-electron chi connectivity index (χ4n) is 4.59. The summed E-state index contributed by atoms with van der Waals surface area (Å²) in [7, 11) is 0. The fourth-order valence-corrected chi connectivity index (χ4v) is 6.78. The second-order valence-corrected chi connectivity index (χ2v) is 11.3. The Bertz CT molecular complexity index is 913. The normalized spacial score (nSPS) is 14.4. The van der Waals surface area contributed by atoms with Gasteiger partial charge in [-0.3, -0.25) is 0 Å². The van der Waals surface area contributed by atoms with Crippen LogP contribution in [-0.2, 0) is 5.60 Å². The van der Waals surface area contributed by atoms with Crippen molar-refractivity contribution < 1.29 is 4.74 Å². The van der Waals surface area contributed by atoms with Crippen molar-refractivity contribution in [1.82, 2.24) is 0 Å². The average molecular weight is 467 g/mol. The van der Waals surface area contributed by atoms with E-state index in [1.807, 2.05) is 34.8 Å². The van der Waals surface area contributed by atoms with Crippen LogP contribution in [0.15, 0.2) is 61.7 Å². The van der Waals surface area contributed by atoms with E-state index in [1.54, 1.807) is 0 Å². The highest BCUT2D eigenvalue weighted by Gasteiger charge is 2.42. The summed E-state index contributed by atoms with van der Waals surface area (Å²) in [4.78, 5) is 5.54. The first-order valence-electron chi connectivity index (χ1n) is 12.1. The lowest BCUT2D eigenvalue weighted by Gasteiger charge is -2.38. The quantitative estimate of drug-likeness (QED) is 0.199. The summed E-state index contributed by atoms with van der Waals surface area (Å²) in [5, 5.41) is 0. The predicted octanol–water partition coefficient (Wildman–Crippen LogP) is 10.1. The van der Waals surface area contributed by atoms with Crippen molar-refractivity contribution in [2.75, 3.05) is 0 Å². The van der Waals surface area contributed by atoms with Gasteiger partial charge in [0.1, 0.15) is 11.4 Å². The lowest BCUT2D eigenvalue weighted by Crippen LogP contribution is -2.35. The Morgan fingerprint density at radius 3 is 1.94 bits per heavy atom. The number of thiophene rings is 2. The van der Waals surface area contributed by atoms with E-state index in [4.69, 9.17) is 4.74 Å². The van der Waals surface area contributed by atoms with Gasteiger partial charge in [-0.05, 0) is 77.3 Å². The van der Waals surface area contributed by atoms with Gasteiger partial charge in [0.2, 0.25) is 0 Å². The standard InChI is InChI=1S/C29H38OS2/c1-5-7-9-11-13-15-17-19-29(20-18-16-14-12-10-8-6-2)25-21-23(3)31-27(25)28-26(30-29)22-24(4)32-28/h5-10,21-22H,1-2,11-20H2,3-4H3/b9-7-,10-8-. The highest BCUT2D eigenvalue weighted by Crippen LogP contribution is 2.55. The Kier molecular flexibility index (Phi) is 9.62. The summed E-state index contributed by atoms with van der Waals surface area (Å²) in [5.74, 6) is 1.12. The van der Waals surface area contributed by atoms with Crippen molar-refractivity contribution in [3.63, 3.8) is 0 Å². The van der Waals surface area contributed by atoms with Crippen LogP contribution in [-0.4, -0.2) is 0 Å². The van der Waals surface area contributed by atoms with E-state index in [9.17, 15) is 0 Å². The van der Waals surface area contributed by atoms with E-state index in [0.717, 1.165) is 31.4 Å². The predicted molar refractivity (Wildman–Crippen MR) is 144 cm³/mol. The van der Waals surface area contributed by atoms with Crippen LogP contribution in [0.5, 0.6) is 5.75 Å². The first-order valence-corrected chi connectivity index (χ1v) is 13.7. The molecular weight excluding hydrogens is 428 g/mol. The lowest BCUT2D eigenvalue weighted by atomic mass is 9.81. The molecule has 1 aliphatic heterocycles. The van der Waals surface area contributed by atoms with Crippen LogP contribution in [0.25, 0.3) is 9.75 Å². The molecule has 0 spiro atoms. The topological polar surface area (TPSA) is 9.23 Å². The Morgan fingerprint density at radius 2 is 1.34 bits per heavy atom. The molecule has 0 N–H and O–H groups in total. The monoisotopic (exact) mass is 466 g/mol. The van der Waals surface area contributed by atoms with Crippen molar-refractivity contribution in [3.05, 3.63) is 77.1 Å². The number of rotatable bonds is 14. The largest absolute Gasteiger partial charge is 0.481 e. The van der Waals surface area contributed by atoms with Gasteiger partial charge in [-0.15, -0.1) is 22.7 Å². The third kappa shape index (κ3) is 6.36. The number of hydrogen-bond donors (Lipinski definition) is 0. The van der Waals surface area contributed by atoms with E-state index < -0.39 is 0 Å². The van der Waals surface area contributed by atoms with Gasteiger partial charge >= 0.3 is 0 Å². The number of aryl methyl sites for hydroxylation is 2. The van der Waals surface area contributed by atoms with E-state index in [1.165, 1.54) is 63.6 Å². The third-order valence-electron chi connectivity index (χ3n) is 6.13. The average Bonchev–Trinajstić information content (AvgIpc) is 3.34. The summed E-state index contributed by atoms with van der Waals surface area (Å²) in [6.45, 7) is 11.9. The molecular formula is C29H38OS2. The molecule has 0 fully saturated rings. The maximum Gasteiger partial charge on any atom is 0.140 e. The molecule has 0 unspecified atom stereocenters. The third-order valence-corrected chi connectivity index (χ3v) is 8.37. The molecule has 0 aliphatic carbocycles. The maximum absolute atomic E-state index is 6.93. The zero-order valence-electron chi connectivity index (χ0n) is 19.8. The molecule has 1 nitrogen and oxygen atoms in total. The molecule has 0 aromatic carbocycles. The minimum Gasteiger partial charge on any atom is -0.481 e. The van der Waals surface area contributed by atoms with Gasteiger partial charge in [0, 0.05) is 15.3 Å². The van der Waals surface area contributed by atoms with Gasteiger partial charge in [0.25, 0.3) is 0 Å². The lowest BCUT2D eigenvalue weighted by molar-refractivity contribution is 0.0398. The van der Waals surface area contributed by atoms with Crippen molar-refractivity contribution in [3.8, 4) is 15.5 Å². The zero-order chi connectivity index (χ0) is 22.8. The molecule has 3 heteroatoms. The van der Waals surface area contributed by atoms with Crippen molar-refractivity contribution in [1.29, 1.82) is 0 Å². The smallest absolute Gasteiger partial charge is 0.140 e. The fraction of sp³-hybridized carbons (Fsp3) is 0.448. The summed E-state index contributed by atoms with van der Waals surface area (Å²) in [6.07, 6.45) is 24.1. The van der Waals surface area contributed by atoms with Gasteiger partial charge in [-0.1, -0.05) is 62.5 Å². The molecule has 2 aromatic heterocycles. The summed E-state index contributed by atoms with van der Waals surface area (Å²) in [6, 6.07) is 4.67. The van der Waals surface area contributed by atoms with Crippen molar-refractivity contribution in [2.24, 2.45) is 0 Å². The highest BCUT2D eigenvalue weighted by atomic mass is 32.1. The van der Waals surface area contributed by atoms with Gasteiger partial charge < -0.3 is 4.74 Å². The van der Waals surface area contributed by atoms with Crippen LogP contribution in [0.2, 0.25) is 0 Å². The summed E-state index contributed by atoms with van der Waals surface area (Å²) >= 11 is 3.83. The second kappa shape index (κ2) is 12.4. The van der Waals surface area contributed by atoms with E-state index in [0.29, 0.717) is 0 Å². The van der Waals surface area contributed by atoms with Crippen molar-refractivity contribution in [2.45, 2.75) is 83.7 Å². The summed E-state index contributed by atoms with van der Waals surface area (Å²) < 4.78 is 6.93. The van der Waals surface area contributed by atoms with E-state index in [2.05, 4.69) is 63.4 Å². The number of fused-ring (bicyclic) bond motifs is 3. The minimum absolute atomic E-state index is 0.172. The number of ether oxygens (including phenoxy) is 1. The number of hydrogen-bond acceptors (Lipinski definition) is 3. The first kappa shape index (κ1) is 24.8. The van der Waals surface area contributed by atoms with E-state index in [-0.39, 0.29) is 5.60 Å². The number of unbranched alkanes of at least 4 members (excludes halogenated alkanes) is 6. The molecule has 0 amide bonds. The maximum atomic E-state index is 6.93. The minimum atomic E-state index is -0.172. The van der Waals surface area contributed by atoms with Crippen LogP contribution in [0, 0.1) is 13.8 Å². The Balaban J connectivity index is 1.73. The molecule has 2 aromatic rings. The molecule has 0 bridgehead atoms. The van der Waals surface area contributed by atoms with Crippen LogP contribution < -0.4 is 4.74 Å². The Morgan fingerprint density at radius 1 is 0.781 bits per heavy atom. The molecule has 0 saturated carbocycles. The van der Waals surface area contributed by atoms with Crippen LogP contribution in [0.4, 0.5) is 0 Å². The van der Waals surface area contributed by atoms with E-state index >= 15 is 0 Å². The van der Waals surface area contributed by atoms with Gasteiger partial charge in [-0.2, -0.15) is 0 Å². The van der Waals surface area contributed by atoms with Crippen LogP contribution in [0.3, 0.4) is 0 Å². The summed E-state index contributed by atoms with van der Waals surface area (Å²) in [5.41, 5.74) is 1.28. The Labute approximate surface area is 203 Å². The number of allylic oxidation sites excluding steroid dienone is 6. The zero-order valence-corrected chi connectivity index (χ0v) is 21.5. The second-order valence-electron chi connectivity index (χ2n) is 8.77. The van der Waals surface area contributed by atoms with Crippen molar-refractivity contribution >= 4 is 22.7 Å². The molecule has 32 heavy (non-hydrogen) atoms. The molecule has 0 saturated heterocycles. The van der Waals surface area contributed by atoms with Gasteiger partial charge in [0.05, 0.1) is 9.75 Å². The van der Waals surface area contributed by atoms with Crippen LogP contribution in [0.1, 0.15) is 79.5 Å². The molecule has 172 valence electrons. The van der Waals surface area contributed by atoms with Gasteiger partial charge in [0.15, 0.2) is 0 Å². The Hall–Kier alpha value is -1.84. The van der Waals surface area contributed by atoms with Gasteiger partial charge in [-0.25, -0.2) is 0 Å². The SMILES string of the molecule is C=C/C=C\CCCCCC1(CCCCC/C=C\C=C)Oc2cc(C)sc2-c2sc(C)cc21. The first-order chi connectivity index (χ1) is 15.6. The van der Waals surface area contributed by atoms with Crippen LogP contribution >= 0.6 is 22.7 Å². The molecule has 3 rings (SSSR count).